The summed E-state index contributed by atoms with van der Waals surface area (Å²) in [5, 5.41) is 0. The van der Waals surface area contributed by atoms with E-state index in [1.165, 1.54) is 31.2 Å². The molecule has 0 saturated carbocycles. The van der Waals surface area contributed by atoms with Crippen LogP contribution in [0.25, 0.3) is 0 Å². The Morgan fingerprint density at radius 1 is 0.812 bits per heavy atom. The Morgan fingerprint density at radius 3 is 1.84 bits per heavy atom. The Morgan fingerprint density at radius 2 is 1.34 bits per heavy atom. The third-order valence-electron chi connectivity index (χ3n) is 4.22. The molecule has 2 rings (SSSR count). The van der Waals surface area contributed by atoms with Crippen LogP contribution in [0.2, 0.25) is 0 Å². The first kappa shape index (κ1) is 24.8. The van der Waals surface area contributed by atoms with Crippen LogP contribution < -0.4 is 4.74 Å². The molecule has 0 radical (unpaired) electrons. The predicted molar refractivity (Wildman–Crippen MR) is 104 cm³/mol. The normalized spacial score (nSPS) is 24.6. The molecule has 0 spiro atoms. The quantitative estimate of drug-likeness (QED) is 0.316. The molecule has 0 amide bonds. The van der Waals surface area contributed by atoms with Gasteiger partial charge in [-0.2, -0.15) is 0 Å². The Kier molecular flexibility index (Phi) is 8.71. The summed E-state index contributed by atoms with van der Waals surface area (Å²) in [7, 11) is 0. The van der Waals surface area contributed by atoms with Gasteiger partial charge in [-0.25, -0.2) is 0 Å². The number of esters is 4. The molecule has 11 nitrogen and oxygen atoms in total. The standard InChI is InChI=1S/C21H24O11/c1-11(23)27-10-17-18(28-12(2)24)19(29-13(3)25)20(30-14(4)26)21(32-17)31-16-7-5-15(9-22)6-8-16/h5-9,17-21H,10H2,1-4H3/t17?,18-,19?,20?,21+/m0/s1. The third kappa shape index (κ3) is 7.05. The van der Waals surface area contributed by atoms with Crippen LogP contribution in [0.4, 0.5) is 0 Å². The van der Waals surface area contributed by atoms with E-state index in [4.69, 9.17) is 28.4 Å². The van der Waals surface area contributed by atoms with Crippen molar-refractivity contribution in [1.82, 2.24) is 0 Å². The van der Waals surface area contributed by atoms with Crippen molar-refractivity contribution in [3.05, 3.63) is 29.8 Å². The summed E-state index contributed by atoms with van der Waals surface area (Å²) in [5.41, 5.74) is 0.402. The lowest BCUT2D eigenvalue weighted by Crippen LogP contribution is -2.63. The Bertz CT molecular complexity index is 848. The van der Waals surface area contributed by atoms with Crippen LogP contribution in [0, 0.1) is 0 Å². The van der Waals surface area contributed by atoms with Crippen LogP contribution in [-0.4, -0.2) is 67.5 Å². The van der Waals surface area contributed by atoms with E-state index in [2.05, 4.69) is 0 Å². The maximum atomic E-state index is 11.8. The minimum atomic E-state index is -1.34. The largest absolute Gasteiger partial charge is 0.463 e. The molecule has 32 heavy (non-hydrogen) atoms. The Balaban J connectivity index is 2.43. The van der Waals surface area contributed by atoms with Gasteiger partial charge >= 0.3 is 23.9 Å². The molecule has 1 aliphatic heterocycles. The number of carbonyl (C=O) groups is 5. The molecule has 11 heteroatoms. The molecular formula is C21H24O11. The van der Waals surface area contributed by atoms with Gasteiger partial charge in [0, 0.05) is 33.3 Å². The first-order valence-corrected chi connectivity index (χ1v) is 9.63. The van der Waals surface area contributed by atoms with E-state index in [9.17, 15) is 24.0 Å². The van der Waals surface area contributed by atoms with E-state index in [0.29, 0.717) is 11.8 Å². The zero-order valence-corrected chi connectivity index (χ0v) is 18.0. The third-order valence-corrected chi connectivity index (χ3v) is 4.22. The first-order chi connectivity index (χ1) is 15.1. The van der Waals surface area contributed by atoms with Gasteiger partial charge in [0.05, 0.1) is 0 Å². The molecule has 1 saturated heterocycles. The van der Waals surface area contributed by atoms with E-state index >= 15 is 0 Å². The van der Waals surface area contributed by atoms with Crippen molar-refractivity contribution in [3.63, 3.8) is 0 Å². The van der Waals surface area contributed by atoms with E-state index in [1.54, 1.807) is 0 Å². The fourth-order valence-corrected chi connectivity index (χ4v) is 3.04. The van der Waals surface area contributed by atoms with E-state index in [1.807, 2.05) is 0 Å². The number of carbonyl (C=O) groups excluding carboxylic acids is 5. The van der Waals surface area contributed by atoms with E-state index in [0.717, 1.165) is 20.8 Å². The molecule has 0 aliphatic carbocycles. The zero-order chi connectivity index (χ0) is 23.8. The van der Waals surface area contributed by atoms with Crippen molar-refractivity contribution in [1.29, 1.82) is 0 Å². The maximum Gasteiger partial charge on any atom is 0.303 e. The fraction of sp³-hybridized carbons (Fsp3) is 0.476. The molecule has 0 N–H and O–H groups in total. The van der Waals surface area contributed by atoms with Crippen LogP contribution >= 0.6 is 0 Å². The molecule has 0 bridgehead atoms. The van der Waals surface area contributed by atoms with Gasteiger partial charge in [0.15, 0.2) is 12.2 Å². The average molecular weight is 452 g/mol. The minimum Gasteiger partial charge on any atom is -0.463 e. The SMILES string of the molecule is CC(=O)OCC1O[C@@H](Oc2ccc(C=O)cc2)C(OC(C)=O)C(OC(C)=O)[C@H]1OC(C)=O. The number of rotatable bonds is 8. The van der Waals surface area contributed by atoms with Crippen molar-refractivity contribution in [2.45, 2.75) is 58.4 Å². The summed E-state index contributed by atoms with van der Waals surface area (Å²) in [6.45, 7) is 4.21. The van der Waals surface area contributed by atoms with Crippen LogP contribution in [0.5, 0.6) is 5.75 Å². The second-order valence-corrected chi connectivity index (χ2v) is 6.87. The molecule has 5 atom stereocenters. The number of hydrogen-bond acceptors (Lipinski definition) is 11. The van der Waals surface area contributed by atoms with Gasteiger partial charge in [0.25, 0.3) is 0 Å². The number of benzene rings is 1. The smallest absolute Gasteiger partial charge is 0.303 e. The summed E-state index contributed by atoms with van der Waals surface area (Å²) >= 11 is 0. The van der Waals surface area contributed by atoms with Crippen LogP contribution in [0.3, 0.4) is 0 Å². The Labute approximate surface area is 183 Å². The highest BCUT2D eigenvalue weighted by molar-refractivity contribution is 5.74. The zero-order valence-electron chi connectivity index (χ0n) is 18.0. The molecule has 1 fully saturated rings. The van der Waals surface area contributed by atoms with Gasteiger partial charge in [0.2, 0.25) is 12.4 Å². The number of hydrogen-bond donors (Lipinski definition) is 0. The topological polar surface area (TPSA) is 141 Å². The van der Waals surface area contributed by atoms with E-state index < -0.39 is 54.6 Å². The molecule has 3 unspecified atom stereocenters. The highest BCUT2D eigenvalue weighted by Gasteiger charge is 2.53. The predicted octanol–water partition coefficient (Wildman–Crippen LogP) is 0.961. The summed E-state index contributed by atoms with van der Waals surface area (Å²) in [6.07, 6.45) is -5.72. The van der Waals surface area contributed by atoms with Crippen molar-refractivity contribution in [2.24, 2.45) is 0 Å². The second kappa shape index (κ2) is 11.2. The maximum absolute atomic E-state index is 11.8. The average Bonchev–Trinajstić information content (AvgIpc) is 2.70. The van der Waals surface area contributed by atoms with Crippen molar-refractivity contribution >= 4 is 30.2 Å². The summed E-state index contributed by atoms with van der Waals surface area (Å²) in [4.78, 5) is 57.4. The van der Waals surface area contributed by atoms with Crippen LogP contribution in [0.1, 0.15) is 38.1 Å². The number of ether oxygens (including phenoxy) is 6. The molecule has 1 aromatic carbocycles. The molecule has 174 valence electrons. The Hall–Kier alpha value is -3.47. The van der Waals surface area contributed by atoms with Crippen LogP contribution in [-0.2, 0) is 42.9 Å². The van der Waals surface area contributed by atoms with Gasteiger partial charge in [-0.1, -0.05) is 0 Å². The molecule has 0 aromatic heterocycles. The monoisotopic (exact) mass is 452 g/mol. The highest BCUT2D eigenvalue weighted by atomic mass is 16.7. The van der Waals surface area contributed by atoms with Gasteiger partial charge < -0.3 is 28.4 Å². The lowest BCUT2D eigenvalue weighted by Gasteiger charge is -2.43. The van der Waals surface area contributed by atoms with E-state index in [-0.39, 0.29) is 12.4 Å². The molecule has 1 aromatic rings. The van der Waals surface area contributed by atoms with Crippen molar-refractivity contribution in [2.75, 3.05) is 6.61 Å². The van der Waals surface area contributed by atoms with Gasteiger partial charge in [0.1, 0.15) is 24.7 Å². The number of aldehydes is 1. The van der Waals surface area contributed by atoms with Gasteiger partial charge in [-0.05, 0) is 24.3 Å². The fourth-order valence-electron chi connectivity index (χ4n) is 3.04. The summed E-state index contributed by atoms with van der Waals surface area (Å²) in [6, 6.07) is 5.96. The molecule has 1 aliphatic rings. The minimum absolute atomic E-state index is 0.247. The molecular weight excluding hydrogens is 428 g/mol. The highest BCUT2D eigenvalue weighted by Crippen LogP contribution is 2.31. The first-order valence-electron chi connectivity index (χ1n) is 9.63. The van der Waals surface area contributed by atoms with Gasteiger partial charge in [-0.15, -0.1) is 0 Å². The summed E-state index contributed by atoms with van der Waals surface area (Å²) in [5.74, 6) is -2.58. The second-order valence-electron chi connectivity index (χ2n) is 6.87. The lowest BCUT2D eigenvalue weighted by molar-refractivity contribution is -0.288. The lowest BCUT2D eigenvalue weighted by atomic mass is 9.98. The van der Waals surface area contributed by atoms with Crippen molar-refractivity contribution in [3.8, 4) is 5.75 Å². The molecule has 1 heterocycles. The summed E-state index contributed by atoms with van der Waals surface area (Å²) < 4.78 is 32.5. The van der Waals surface area contributed by atoms with Crippen LogP contribution in [0.15, 0.2) is 24.3 Å². The van der Waals surface area contributed by atoms with Crippen molar-refractivity contribution < 1.29 is 52.4 Å². The van der Waals surface area contributed by atoms with Gasteiger partial charge in [-0.3, -0.25) is 24.0 Å².